The normalized spacial score (nSPS) is 10.6. The van der Waals surface area contributed by atoms with E-state index in [4.69, 9.17) is 4.74 Å². The first-order valence-electron chi connectivity index (χ1n) is 5.84. The van der Waals surface area contributed by atoms with Crippen LogP contribution in [-0.4, -0.2) is 22.1 Å². The van der Waals surface area contributed by atoms with Crippen LogP contribution in [0.2, 0.25) is 0 Å². The fourth-order valence-electron chi connectivity index (χ4n) is 1.79. The Bertz CT molecular complexity index is 646. The molecule has 0 radical (unpaired) electrons. The molecule has 0 N–H and O–H groups in total. The van der Waals surface area contributed by atoms with Crippen LogP contribution >= 0.6 is 0 Å². The number of esters is 1. The largest absolute Gasteiger partial charge is 0.462 e. The predicted octanol–water partition coefficient (Wildman–Crippen LogP) is 1.59. The van der Waals surface area contributed by atoms with E-state index in [-0.39, 0.29) is 5.56 Å². The van der Waals surface area contributed by atoms with Crippen LogP contribution in [0.5, 0.6) is 0 Å². The Balaban J connectivity index is 2.68. The van der Waals surface area contributed by atoms with E-state index in [2.05, 4.69) is 4.98 Å². The molecule has 18 heavy (non-hydrogen) atoms. The Kier molecular flexibility index (Phi) is 3.41. The average Bonchev–Trinajstić information content (AvgIpc) is 2.39. The molecule has 5 heteroatoms. The fraction of sp³-hybridized carbons (Fsp3) is 0.308. The van der Waals surface area contributed by atoms with Gasteiger partial charge in [-0.05, 0) is 26.0 Å². The molecule has 94 valence electrons. The minimum atomic E-state index is -0.454. The van der Waals surface area contributed by atoms with Crippen molar-refractivity contribution in [3.05, 3.63) is 40.4 Å². The zero-order valence-electron chi connectivity index (χ0n) is 10.3. The Morgan fingerprint density at radius 1 is 1.39 bits per heavy atom. The van der Waals surface area contributed by atoms with Crippen LogP contribution in [-0.2, 0) is 11.3 Å². The van der Waals surface area contributed by atoms with Gasteiger partial charge in [0.15, 0.2) is 0 Å². The SMILES string of the molecule is CCOC(=O)c1cccc2c(=O)n(CC)cnc12. The van der Waals surface area contributed by atoms with Gasteiger partial charge >= 0.3 is 5.97 Å². The quantitative estimate of drug-likeness (QED) is 0.772. The number of rotatable bonds is 3. The van der Waals surface area contributed by atoms with E-state index >= 15 is 0 Å². The lowest BCUT2D eigenvalue weighted by atomic mass is 10.1. The highest BCUT2D eigenvalue weighted by Gasteiger charge is 2.14. The van der Waals surface area contributed by atoms with Gasteiger partial charge in [0.2, 0.25) is 0 Å². The number of benzene rings is 1. The third kappa shape index (κ3) is 1.99. The Morgan fingerprint density at radius 3 is 2.83 bits per heavy atom. The summed E-state index contributed by atoms with van der Waals surface area (Å²) in [5.74, 6) is -0.454. The van der Waals surface area contributed by atoms with Gasteiger partial charge in [0.05, 0.1) is 29.4 Å². The van der Waals surface area contributed by atoms with Crippen molar-refractivity contribution in [2.45, 2.75) is 20.4 Å². The van der Waals surface area contributed by atoms with Crippen molar-refractivity contribution in [3.8, 4) is 0 Å². The van der Waals surface area contributed by atoms with Crippen LogP contribution in [0.25, 0.3) is 10.9 Å². The third-order valence-corrected chi connectivity index (χ3v) is 2.69. The molecule has 2 aromatic rings. The molecule has 0 fully saturated rings. The number of hydrogen-bond donors (Lipinski definition) is 0. The molecule has 0 saturated heterocycles. The molecule has 1 heterocycles. The molecule has 2 rings (SSSR count). The number of carbonyl (C=O) groups is 1. The molecule has 0 amide bonds. The maximum absolute atomic E-state index is 12.1. The number of ether oxygens (including phenoxy) is 1. The van der Waals surface area contributed by atoms with Gasteiger partial charge in [-0.15, -0.1) is 0 Å². The van der Waals surface area contributed by atoms with E-state index in [0.29, 0.717) is 29.6 Å². The number of nitrogens with zero attached hydrogens (tertiary/aromatic N) is 2. The van der Waals surface area contributed by atoms with Crippen LogP contribution in [0, 0.1) is 0 Å². The summed E-state index contributed by atoms with van der Waals surface area (Å²) in [4.78, 5) is 28.0. The highest BCUT2D eigenvalue weighted by molar-refractivity contribution is 6.02. The summed E-state index contributed by atoms with van der Waals surface area (Å²) in [5, 5.41) is 0.435. The fourth-order valence-corrected chi connectivity index (χ4v) is 1.79. The van der Waals surface area contributed by atoms with Gasteiger partial charge < -0.3 is 4.74 Å². The Morgan fingerprint density at radius 2 is 2.17 bits per heavy atom. The topological polar surface area (TPSA) is 61.2 Å². The van der Waals surface area contributed by atoms with Crippen LogP contribution in [0.4, 0.5) is 0 Å². The number of fused-ring (bicyclic) bond motifs is 1. The number of aryl methyl sites for hydroxylation is 1. The molecule has 0 bridgehead atoms. The second-order valence-electron chi connectivity index (χ2n) is 3.76. The summed E-state index contributed by atoms with van der Waals surface area (Å²) in [5.41, 5.74) is 0.578. The first-order valence-corrected chi connectivity index (χ1v) is 5.84. The highest BCUT2D eigenvalue weighted by Crippen LogP contribution is 2.14. The lowest BCUT2D eigenvalue weighted by Crippen LogP contribution is -2.20. The standard InChI is InChI=1S/C13H14N2O3/c1-3-15-8-14-11-9(12(15)16)6-5-7-10(11)13(17)18-4-2/h5-8H,3-4H2,1-2H3. The molecule has 5 nitrogen and oxygen atoms in total. The number of hydrogen-bond acceptors (Lipinski definition) is 4. The molecule has 1 aromatic carbocycles. The van der Waals surface area contributed by atoms with E-state index in [1.807, 2.05) is 6.92 Å². The predicted molar refractivity (Wildman–Crippen MR) is 67.6 cm³/mol. The van der Waals surface area contributed by atoms with Gasteiger partial charge in [-0.3, -0.25) is 9.36 Å². The van der Waals surface area contributed by atoms with Gasteiger partial charge in [0, 0.05) is 6.54 Å². The van der Waals surface area contributed by atoms with Crippen LogP contribution in [0.1, 0.15) is 24.2 Å². The number of para-hydroxylation sites is 1. The average molecular weight is 246 g/mol. The second-order valence-corrected chi connectivity index (χ2v) is 3.76. The number of aromatic nitrogens is 2. The van der Waals surface area contributed by atoms with E-state index in [1.165, 1.54) is 10.9 Å². The van der Waals surface area contributed by atoms with Crippen molar-refractivity contribution < 1.29 is 9.53 Å². The van der Waals surface area contributed by atoms with Crippen molar-refractivity contribution in [2.24, 2.45) is 0 Å². The lowest BCUT2D eigenvalue weighted by molar-refractivity contribution is 0.0528. The van der Waals surface area contributed by atoms with Crippen molar-refractivity contribution in [2.75, 3.05) is 6.61 Å². The van der Waals surface area contributed by atoms with Crippen LogP contribution < -0.4 is 5.56 Å². The summed E-state index contributed by atoms with van der Waals surface area (Å²) in [6.45, 7) is 4.44. The highest BCUT2D eigenvalue weighted by atomic mass is 16.5. The molecule has 0 atom stereocenters. The van der Waals surface area contributed by atoms with E-state index in [9.17, 15) is 9.59 Å². The van der Waals surface area contributed by atoms with Gasteiger partial charge in [0.1, 0.15) is 0 Å². The van der Waals surface area contributed by atoms with Gasteiger partial charge in [0.25, 0.3) is 5.56 Å². The monoisotopic (exact) mass is 246 g/mol. The first kappa shape index (κ1) is 12.3. The van der Waals surface area contributed by atoms with E-state index in [0.717, 1.165) is 0 Å². The summed E-state index contributed by atoms with van der Waals surface area (Å²) in [7, 11) is 0. The summed E-state index contributed by atoms with van der Waals surface area (Å²) < 4.78 is 6.44. The molecule has 0 spiro atoms. The molecular formula is C13H14N2O3. The maximum atomic E-state index is 12.1. The van der Waals surface area contributed by atoms with Gasteiger partial charge in [-0.2, -0.15) is 0 Å². The van der Waals surface area contributed by atoms with Gasteiger partial charge in [-0.1, -0.05) is 6.07 Å². The minimum Gasteiger partial charge on any atom is -0.462 e. The molecule has 0 aliphatic rings. The van der Waals surface area contributed by atoms with Crippen molar-refractivity contribution in [3.63, 3.8) is 0 Å². The Hall–Kier alpha value is -2.17. The minimum absolute atomic E-state index is 0.145. The van der Waals surface area contributed by atoms with Crippen LogP contribution in [0.15, 0.2) is 29.3 Å². The summed E-state index contributed by atoms with van der Waals surface area (Å²) >= 11 is 0. The zero-order valence-corrected chi connectivity index (χ0v) is 10.3. The second kappa shape index (κ2) is 5.00. The Labute approximate surface area is 104 Å². The maximum Gasteiger partial charge on any atom is 0.340 e. The molecular weight excluding hydrogens is 232 g/mol. The molecule has 0 unspecified atom stereocenters. The first-order chi connectivity index (χ1) is 8.69. The number of carbonyl (C=O) groups excluding carboxylic acids is 1. The molecule has 0 aliphatic carbocycles. The zero-order chi connectivity index (χ0) is 13.1. The van der Waals surface area contributed by atoms with E-state index in [1.54, 1.807) is 25.1 Å². The van der Waals surface area contributed by atoms with Crippen molar-refractivity contribution >= 4 is 16.9 Å². The summed E-state index contributed by atoms with van der Waals surface area (Å²) in [6, 6.07) is 4.94. The molecule has 0 saturated carbocycles. The molecule has 0 aliphatic heterocycles. The van der Waals surface area contributed by atoms with Crippen molar-refractivity contribution in [1.82, 2.24) is 9.55 Å². The molecule has 1 aromatic heterocycles. The van der Waals surface area contributed by atoms with Crippen LogP contribution in [0.3, 0.4) is 0 Å². The lowest BCUT2D eigenvalue weighted by Gasteiger charge is -2.07. The smallest absolute Gasteiger partial charge is 0.340 e. The summed E-state index contributed by atoms with van der Waals surface area (Å²) in [6.07, 6.45) is 1.45. The third-order valence-electron chi connectivity index (χ3n) is 2.69. The van der Waals surface area contributed by atoms with Gasteiger partial charge in [-0.25, -0.2) is 9.78 Å². The van der Waals surface area contributed by atoms with Crippen molar-refractivity contribution in [1.29, 1.82) is 0 Å². The van der Waals surface area contributed by atoms with E-state index < -0.39 is 5.97 Å².